The number of rotatable bonds is 8. The Balaban J connectivity index is 1.72. The molecule has 0 spiro atoms. The van der Waals surface area contributed by atoms with Gasteiger partial charge < -0.3 is 18.9 Å². The summed E-state index contributed by atoms with van der Waals surface area (Å²) in [7, 11) is 6.09. The Morgan fingerprint density at radius 1 is 0.636 bits per heavy atom. The van der Waals surface area contributed by atoms with E-state index in [-0.39, 0.29) is 23.0 Å². The average Bonchev–Trinajstić information content (AvgIpc) is 3.36. The second-order valence-corrected chi connectivity index (χ2v) is 7.51. The molecule has 1 aromatic heterocycles. The largest absolute Gasteiger partial charge is 0.493 e. The molecular weight excluding hydrogens is 424 g/mol. The van der Waals surface area contributed by atoms with Crippen LogP contribution in [0.15, 0.2) is 36.4 Å². The summed E-state index contributed by atoms with van der Waals surface area (Å²) in [5.41, 5.74) is 2.89. The van der Waals surface area contributed by atoms with Crippen LogP contribution < -0.4 is 18.9 Å². The SMILES string of the molecule is COc1ccc(C(=O)c2nnc(C(=O)c3ccc(OC)c(OC)c3)c3c2CCC3)cc1OC. The molecule has 0 saturated heterocycles. The Kier molecular flexibility index (Phi) is 6.26. The highest BCUT2D eigenvalue weighted by atomic mass is 16.5. The minimum Gasteiger partial charge on any atom is -0.493 e. The van der Waals surface area contributed by atoms with Crippen LogP contribution >= 0.6 is 0 Å². The summed E-state index contributed by atoms with van der Waals surface area (Å²) >= 11 is 0. The second kappa shape index (κ2) is 9.28. The van der Waals surface area contributed by atoms with Crippen molar-refractivity contribution in [3.8, 4) is 23.0 Å². The predicted molar refractivity (Wildman–Crippen MR) is 120 cm³/mol. The fourth-order valence-electron chi connectivity index (χ4n) is 4.08. The molecule has 0 atom stereocenters. The van der Waals surface area contributed by atoms with Gasteiger partial charge in [-0.1, -0.05) is 0 Å². The van der Waals surface area contributed by atoms with E-state index in [9.17, 15) is 9.59 Å². The molecule has 0 bridgehead atoms. The summed E-state index contributed by atoms with van der Waals surface area (Å²) in [6.45, 7) is 0. The van der Waals surface area contributed by atoms with Crippen molar-refractivity contribution >= 4 is 11.6 Å². The third-order valence-corrected chi connectivity index (χ3v) is 5.76. The van der Waals surface area contributed by atoms with Gasteiger partial charge in [0.1, 0.15) is 11.4 Å². The van der Waals surface area contributed by atoms with Crippen molar-refractivity contribution in [2.75, 3.05) is 28.4 Å². The van der Waals surface area contributed by atoms with E-state index in [2.05, 4.69) is 10.2 Å². The van der Waals surface area contributed by atoms with Crippen molar-refractivity contribution in [2.24, 2.45) is 0 Å². The number of fused-ring (bicyclic) bond motifs is 1. The first-order chi connectivity index (χ1) is 16.0. The summed E-state index contributed by atoms with van der Waals surface area (Å²) in [6.07, 6.45) is 2.14. The number of hydrogen-bond acceptors (Lipinski definition) is 8. The van der Waals surface area contributed by atoms with Gasteiger partial charge in [0.2, 0.25) is 11.6 Å². The first-order valence-corrected chi connectivity index (χ1v) is 10.4. The van der Waals surface area contributed by atoms with Crippen LogP contribution in [-0.4, -0.2) is 50.2 Å². The highest BCUT2D eigenvalue weighted by molar-refractivity contribution is 6.11. The first kappa shape index (κ1) is 22.3. The minimum atomic E-state index is -0.272. The monoisotopic (exact) mass is 448 g/mol. The molecule has 33 heavy (non-hydrogen) atoms. The average molecular weight is 448 g/mol. The molecule has 0 aliphatic heterocycles. The summed E-state index contributed by atoms with van der Waals surface area (Å²) in [4.78, 5) is 26.5. The molecule has 0 unspecified atom stereocenters. The maximum absolute atomic E-state index is 13.3. The highest BCUT2D eigenvalue weighted by Gasteiger charge is 2.29. The van der Waals surface area contributed by atoms with Crippen LogP contribution in [-0.2, 0) is 12.8 Å². The topological polar surface area (TPSA) is 96.8 Å². The van der Waals surface area contributed by atoms with Gasteiger partial charge in [-0.2, -0.15) is 0 Å². The van der Waals surface area contributed by atoms with Crippen LogP contribution in [0.1, 0.15) is 49.7 Å². The van der Waals surface area contributed by atoms with Crippen molar-refractivity contribution in [3.63, 3.8) is 0 Å². The Morgan fingerprint density at radius 3 is 1.39 bits per heavy atom. The van der Waals surface area contributed by atoms with E-state index in [1.807, 2.05) is 0 Å². The number of hydrogen-bond donors (Lipinski definition) is 0. The van der Waals surface area contributed by atoms with Crippen molar-refractivity contribution < 1.29 is 28.5 Å². The number of ether oxygens (including phenoxy) is 4. The van der Waals surface area contributed by atoms with Crippen LogP contribution in [0, 0.1) is 0 Å². The van der Waals surface area contributed by atoms with Crippen molar-refractivity contribution in [3.05, 3.63) is 70.0 Å². The third kappa shape index (κ3) is 4.00. The zero-order chi connectivity index (χ0) is 23.5. The molecular formula is C25H24N2O6. The molecule has 1 aliphatic rings. The molecule has 0 radical (unpaired) electrons. The Hall–Kier alpha value is -3.94. The number of methoxy groups -OCH3 is 4. The van der Waals surface area contributed by atoms with Crippen LogP contribution in [0.3, 0.4) is 0 Å². The van der Waals surface area contributed by atoms with Gasteiger partial charge >= 0.3 is 0 Å². The van der Waals surface area contributed by atoms with E-state index in [1.165, 1.54) is 28.4 Å². The normalized spacial score (nSPS) is 12.1. The molecule has 0 N–H and O–H groups in total. The third-order valence-electron chi connectivity index (χ3n) is 5.76. The van der Waals surface area contributed by atoms with E-state index in [1.54, 1.807) is 36.4 Å². The highest BCUT2D eigenvalue weighted by Crippen LogP contribution is 2.33. The maximum Gasteiger partial charge on any atom is 0.213 e. The van der Waals surface area contributed by atoms with Gasteiger partial charge in [0, 0.05) is 11.1 Å². The van der Waals surface area contributed by atoms with E-state index in [4.69, 9.17) is 18.9 Å². The maximum atomic E-state index is 13.3. The first-order valence-electron chi connectivity index (χ1n) is 10.4. The van der Waals surface area contributed by atoms with Gasteiger partial charge in [0.25, 0.3) is 0 Å². The number of ketones is 2. The molecule has 2 aromatic carbocycles. The van der Waals surface area contributed by atoms with Crippen LogP contribution in [0.5, 0.6) is 23.0 Å². The van der Waals surface area contributed by atoms with E-state index < -0.39 is 0 Å². The number of benzene rings is 2. The quantitative estimate of drug-likeness (QED) is 0.484. The summed E-state index contributed by atoms with van der Waals surface area (Å²) in [5.74, 6) is 1.42. The van der Waals surface area contributed by atoms with Gasteiger partial charge in [-0.3, -0.25) is 9.59 Å². The fraction of sp³-hybridized carbons (Fsp3) is 0.280. The minimum absolute atomic E-state index is 0.263. The lowest BCUT2D eigenvalue weighted by Crippen LogP contribution is -2.16. The summed E-state index contributed by atoms with van der Waals surface area (Å²) in [5, 5.41) is 8.40. The lowest BCUT2D eigenvalue weighted by molar-refractivity contribution is 0.101. The van der Waals surface area contributed by atoms with Gasteiger partial charge in [-0.25, -0.2) is 0 Å². The standard InChI is InChI=1S/C25H24N2O6/c1-30-18-10-8-14(12-20(18)32-3)24(28)22-16-6-5-7-17(16)23(27-26-22)25(29)15-9-11-19(31-2)21(13-15)33-4/h8-13H,5-7H2,1-4H3. The van der Waals surface area contributed by atoms with Crippen LogP contribution in [0.4, 0.5) is 0 Å². The Morgan fingerprint density at radius 2 is 1.03 bits per heavy atom. The second-order valence-electron chi connectivity index (χ2n) is 7.51. The molecule has 4 rings (SSSR count). The van der Waals surface area contributed by atoms with Crippen molar-refractivity contribution in [1.29, 1.82) is 0 Å². The van der Waals surface area contributed by atoms with E-state index in [0.29, 0.717) is 47.0 Å². The van der Waals surface area contributed by atoms with E-state index in [0.717, 1.165) is 17.5 Å². The van der Waals surface area contributed by atoms with Crippen molar-refractivity contribution in [2.45, 2.75) is 19.3 Å². The number of carbonyl (C=O) groups is 2. The van der Waals surface area contributed by atoms with Crippen LogP contribution in [0.2, 0.25) is 0 Å². The Labute approximate surface area is 191 Å². The predicted octanol–water partition coefficient (Wildman–Crippen LogP) is 3.46. The molecule has 8 nitrogen and oxygen atoms in total. The lowest BCUT2D eigenvalue weighted by Gasteiger charge is -2.12. The van der Waals surface area contributed by atoms with E-state index >= 15 is 0 Å². The lowest BCUT2D eigenvalue weighted by atomic mass is 9.97. The number of aromatic nitrogens is 2. The zero-order valence-corrected chi connectivity index (χ0v) is 18.9. The molecule has 1 aliphatic carbocycles. The van der Waals surface area contributed by atoms with Crippen LogP contribution in [0.25, 0.3) is 0 Å². The molecule has 170 valence electrons. The van der Waals surface area contributed by atoms with Gasteiger partial charge in [0.15, 0.2) is 23.0 Å². The Bertz CT molecular complexity index is 1140. The molecule has 1 heterocycles. The zero-order valence-electron chi connectivity index (χ0n) is 18.9. The summed E-state index contributed by atoms with van der Waals surface area (Å²) in [6, 6.07) is 9.91. The smallest absolute Gasteiger partial charge is 0.213 e. The van der Waals surface area contributed by atoms with Gasteiger partial charge in [-0.05, 0) is 66.8 Å². The molecule has 0 amide bonds. The van der Waals surface area contributed by atoms with Gasteiger partial charge in [-0.15, -0.1) is 10.2 Å². The molecule has 8 heteroatoms. The molecule has 0 saturated carbocycles. The van der Waals surface area contributed by atoms with Crippen molar-refractivity contribution in [1.82, 2.24) is 10.2 Å². The summed E-state index contributed by atoms with van der Waals surface area (Å²) < 4.78 is 21.1. The fourth-order valence-corrected chi connectivity index (χ4v) is 4.08. The number of carbonyl (C=O) groups excluding carboxylic acids is 2. The molecule has 3 aromatic rings. The number of nitrogens with zero attached hydrogens (tertiary/aromatic N) is 2. The van der Waals surface area contributed by atoms with Gasteiger partial charge in [0.05, 0.1) is 28.4 Å². The molecule has 0 fully saturated rings.